The monoisotopic (exact) mass is 436 g/mol. The van der Waals surface area contributed by atoms with E-state index in [0.29, 0.717) is 11.3 Å². The summed E-state index contributed by atoms with van der Waals surface area (Å²) in [5.41, 5.74) is 6.94. The number of rotatable bonds is 5. The summed E-state index contributed by atoms with van der Waals surface area (Å²) >= 11 is 0. The Kier molecular flexibility index (Phi) is 6.23. The van der Waals surface area contributed by atoms with E-state index in [1.165, 1.54) is 6.07 Å². The van der Waals surface area contributed by atoms with Crippen molar-refractivity contribution in [3.05, 3.63) is 87.5 Å². The number of benzene rings is 3. The Morgan fingerprint density at radius 2 is 1.32 bits per heavy atom. The number of carbonyl (C=O) groups is 1. The van der Waals surface area contributed by atoms with Crippen LogP contribution in [-0.4, -0.2) is 14.3 Å². The molecule has 5 nitrogen and oxygen atoms in total. The van der Waals surface area contributed by atoms with Crippen LogP contribution in [0.4, 0.5) is 11.4 Å². The summed E-state index contributed by atoms with van der Waals surface area (Å²) in [5.74, 6) is -0.349. The van der Waals surface area contributed by atoms with Crippen LogP contribution in [-0.2, 0) is 10.0 Å². The third-order valence-electron chi connectivity index (χ3n) is 5.29. The van der Waals surface area contributed by atoms with Crippen LogP contribution >= 0.6 is 0 Å². The van der Waals surface area contributed by atoms with Gasteiger partial charge in [0.15, 0.2) is 0 Å². The number of hydrogen-bond acceptors (Lipinski definition) is 3. The van der Waals surface area contributed by atoms with Gasteiger partial charge in [-0.25, -0.2) is 8.42 Å². The third-order valence-corrected chi connectivity index (χ3v) is 6.80. The molecule has 0 heterocycles. The van der Waals surface area contributed by atoms with E-state index in [0.717, 1.165) is 33.5 Å². The van der Waals surface area contributed by atoms with E-state index in [2.05, 4.69) is 10.0 Å². The number of carbonyl (C=O) groups excluding carboxylic acids is 1. The van der Waals surface area contributed by atoms with Crippen molar-refractivity contribution in [2.75, 3.05) is 10.0 Å². The summed E-state index contributed by atoms with van der Waals surface area (Å²) in [5, 5.41) is 2.93. The fourth-order valence-electron chi connectivity index (χ4n) is 3.64. The van der Waals surface area contributed by atoms with Crippen LogP contribution < -0.4 is 10.0 Å². The van der Waals surface area contributed by atoms with E-state index in [1.54, 1.807) is 25.1 Å². The van der Waals surface area contributed by atoms with E-state index in [9.17, 15) is 13.2 Å². The van der Waals surface area contributed by atoms with Crippen molar-refractivity contribution in [3.8, 4) is 0 Å². The number of hydrogen-bond donors (Lipinski definition) is 2. The van der Waals surface area contributed by atoms with E-state index < -0.39 is 10.0 Å². The molecule has 0 saturated carbocycles. The Bertz CT molecular complexity index is 1250. The second-order valence-corrected chi connectivity index (χ2v) is 9.78. The molecule has 0 aliphatic rings. The molecule has 0 bridgehead atoms. The minimum atomic E-state index is -3.86. The SMILES string of the molecule is Cc1cc(C)c(NC(=O)c2ccc(C)c(S(=O)(=O)Nc3cc(C)ccc3C)c2)c(C)c1. The fourth-order valence-corrected chi connectivity index (χ4v) is 5.03. The molecule has 0 atom stereocenters. The maximum atomic E-state index is 13.1. The van der Waals surface area contributed by atoms with Crippen molar-refractivity contribution in [1.82, 2.24) is 0 Å². The molecule has 3 aromatic rings. The Labute approximate surface area is 184 Å². The van der Waals surface area contributed by atoms with Gasteiger partial charge in [-0.1, -0.05) is 35.9 Å². The average Bonchev–Trinajstić information content (AvgIpc) is 2.67. The second kappa shape index (κ2) is 8.55. The van der Waals surface area contributed by atoms with Crippen LogP contribution in [0.5, 0.6) is 0 Å². The molecular formula is C25H28N2O3S. The van der Waals surface area contributed by atoms with Crippen molar-refractivity contribution in [3.63, 3.8) is 0 Å². The van der Waals surface area contributed by atoms with Crippen molar-refractivity contribution in [1.29, 1.82) is 0 Å². The molecule has 1 amide bonds. The molecule has 162 valence electrons. The lowest BCUT2D eigenvalue weighted by atomic mass is 10.0. The van der Waals surface area contributed by atoms with E-state index in [-0.39, 0.29) is 16.4 Å². The Morgan fingerprint density at radius 3 is 1.97 bits per heavy atom. The lowest BCUT2D eigenvalue weighted by molar-refractivity contribution is 0.102. The molecule has 31 heavy (non-hydrogen) atoms. The first kappa shape index (κ1) is 22.6. The fraction of sp³-hybridized carbons (Fsp3) is 0.240. The summed E-state index contributed by atoms with van der Waals surface area (Å²) in [4.78, 5) is 13.0. The van der Waals surface area contributed by atoms with Crippen LogP contribution in [0.15, 0.2) is 53.4 Å². The van der Waals surface area contributed by atoms with Crippen LogP contribution in [0.2, 0.25) is 0 Å². The molecule has 0 radical (unpaired) electrons. The van der Waals surface area contributed by atoms with Gasteiger partial charge in [0.25, 0.3) is 15.9 Å². The number of amides is 1. The standard InChI is InChI=1S/C25H28N2O3S/c1-15-7-8-17(3)22(13-15)27-31(29,30)23-14-21(10-9-18(23)4)25(28)26-24-19(5)11-16(2)12-20(24)6/h7-14,27H,1-6H3,(H,26,28). The highest BCUT2D eigenvalue weighted by Crippen LogP contribution is 2.26. The van der Waals surface area contributed by atoms with Gasteiger partial charge in [0.05, 0.1) is 10.6 Å². The van der Waals surface area contributed by atoms with Gasteiger partial charge >= 0.3 is 0 Å². The van der Waals surface area contributed by atoms with Crippen molar-refractivity contribution in [2.24, 2.45) is 0 Å². The zero-order valence-corrected chi connectivity index (χ0v) is 19.6. The van der Waals surface area contributed by atoms with Crippen molar-refractivity contribution < 1.29 is 13.2 Å². The zero-order chi connectivity index (χ0) is 22.9. The minimum Gasteiger partial charge on any atom is -0.322 e. The zero-order valence-electron chi connectivity index (χ0n) is 18.8. The predicted molar refractivity (Wildman–Crippen MR) is 127 cm³/mol. The Hall–Kier alpha value is -3.12. The number of nitrogens with one attached hydrogen (secondary N) is 2. The van der Waals surface area contributed by atoms with Crippen LogP contribution in [0.25, 0.3) is 0 Å². The first-order chi connectivity index (χ1) is 14.5. The number of sulfonamides is 1. The summed E-state index contributed by atoms with van der Waals surface area (Å²) in [6.45, 7) is 11.4. The molecule has 0 fully saturated rings. The lowest BCUT2D eigenvalue weighted by Gasteiger charge is -2.15. The number of aryl methyl sites for hydroxylation is 6. The third kappa shape index (κ3) is 4.97. The Morgan fingerprint density at radius 1 is 0.710 bits per heavy atom. The molecule has 0 aliphatic carbocycles. The molecule has 0 aromatic heterocycles. The normalized spacial score (nSPS) is 11.3. The first-order valence-electron chi connectivity index (χ1n) is 10.1. The van der Waals surface area contributed by atoms with Crippen LogP contribution in [0.3, 0.4) is 0 Å². The van der Waals surface area contributed by atoms with Gasteiger partial charge in [-0.3, -0.25) is 9.52 Å². The summed E-state index contributed by atoms with van der Waals surface area (Å²) in [7, 11) is -3.86. The largest absolute Gasteiger partial charge is 0.322 e. The van der Waals surface area contributed by atoms with Gasteiger partial charge < -0.3 is 5.32 Å². The summed E-state index contributed by atoms with van der Waals surface area (Å²) in [6, 6.07) is 14.3. The highest BCUT2D eigenvalue weighted by Gasteiger charge is 2.21. The van der Waals surface area contributed by atoms with Gasteiger partial charge in [0.2, 0.25) is 0 Å². The number of anilines is 2. The van der Waals surface area contributed by atoms with E-state index in [1.807, 2.05) is 58.9 Å². The minimum absolute atomic E-state index is 0.0819. The molecule has 0 spiro atoms. The summed E-state index contributed by atoms with van der Waals surface area (Å²) in [6.07, 6.45) is 0. The van der Waals surface area contributed by atoms with Gasteiger partial charge in [-0.05, 0) is 87.6 Å². The van der Waals surface area contributed by atoms with Crippen LogP contribution in [0, 0.1) is 41.5 Å². The highest BCUT2D eigenvalue weighted by atomic mass is 32.2. The maximum absolute atomic E-state index is 13.1. The van der Waals surface area contributed by atoms with Gasteiger partial charge in [0, 0.05) is 11.3 Å². The average molecular weight is 437 g/mol. The second-order valence-electron chi connectivity index (χ2n) is 8.13. The lowest BCUT2D eigenvalue weighted by Crippen LogP contribution is -2.18. The van der Waals surface area contributed by atoms with E-state index >= 15 is 0 Å². The molecule has 0 unspecified atom stereocenters. The molecule has 6 heteroatoms. The molecule has 3 aromatic carbocycles. The van der Waals surface area contributed by atoms with Gasteiger partial charge in [-0.15, -0.1) is 0 Å². The van der Waals surface area contributed by atoms with Crippen molar-refractivity contribution in [2.45, 2.75) is 46.4 Å². The molecule has 2 N–H and O–H groups in total. The van der Waals surface area contributed by atoms with Gasteiger partial charge in [0.1, 0.15) is 0 Å². The quantitative estimate of drug-likeness (QED) is 0.547. The maximum Gasteiger partial charge on any atom is 0.262 e. The first-order valence-corrected chi connectivity index (χ1v) is 11.6. The van der Waals surface area contributed by atoms with Crippen molar-refractivity contribution >= 4 is 27.3 Å². The molecular weight excluding hydrogens is 408 g/mol. The molecule has 0 aliphatic heterocycles. The smallest absolute Gasteiger partial charge is 0.262 e. The predicted octanol–water partition coefficient (Wildman–Crippen LogP) is 5.59. The van der Waals surface area contributed by atoms with E-state index in [4.69, 9.17) is 0 Å². The highest BCUT2D eigenvalue weighted by molar-refractivity contribution is 7.92. The van der Waals surface area contributed by atoms with Gasteiger partial charge in [-0.2, -0.15) is 0 Å². The topological polar surface area (TPSA) is 75.3 Å². The molecule has 3 rings (SSSR count). The van der Waals surface area contributed by atoms with Crippen LogP contribution in [0.1, 0.15) is 43.7 Å². The Balaban J connectivity index is 1.94. The molecule has 0 saturated heterocycles. The summed E-state index contributed by atoms with van der Waals surface area (Å²) < 4.78 is 28.9.